The van der Waals surface area contributed by atoms with Gasteiger partial charge in [-0.2, -0.15) is 0 Å². The molecule has 5 rings (SSSR count). The summed E-state index contributed by atoms with van der Waals surface area (Å²) in [5.74, 6) is 0.00535. The summed E-state index contributed by atoms with van der Waals surface area (Å²) in [6.07, 6.45) is 6.40. The van der Waals surface area contributed by atoms with Crippen LogP contribution in [0.4, 0.5) is 0 Å². The number of imidazole rings is 1. The minimum Gasteiger partial charge on any atom is -0.370 e. The SMILES string of the molecule is N[C@@H](Cc1cnc[nH]1)C(=O)N1CCC2(CC1)OCCc1sc(-c3ccccc3)cc12. The van der Waals surface area contributed by atoms with E-state index in [2.05, 4.69) is 40.3 Å². The molecule has 1 spiro atoms. The van der Waals surface area contributed by atoms with Crippen LogP contribution in [0.15, 0.2) is 48.9 Å². The first-order valence-electron chi connectivity index (χ1n) is 10.5. The second-order valence-electron chi connectivity index (χ2n) is 8.12. The molecule has 2 aromatic heterocycles. The van der Waals surface area contributed by atoms with Crippen molar-refractivity contribution >= 4 is 17.2 Å². The van der Waals surface area contributed by atoms with E-state index in [-0.39, 0.29) is 11.5 Å². The highest BCUT2D eigenvalue weighted by molar-refractivity contribution is 7.15. The number of aromatic nitrogens is 2. The number of ether oxygens (including phenoxy) is 1. The molecule has 156 valence electrons. The molecular weight excluding hydrogens is 396 g/mol. The molecule has 6 nitrogen and oxygen atoms in total. The number of H-pyrrole nitrogens is 1. The predicted octanol–water partition coefficient (Wildman–Crippen LogP) is 3.10. The fourth-order valence-corrected chi connectivity index (χ4v) is 5.86. The number of carbonyl (C=O) groups is 1. The molecule has 0 unspecified atom stereocenters. The van der Waals surface area contributed by atoms with Crippen LogP contribution < -0.4 is 5.73 Å². The van der Waals surface area contributed by atoms with Gasteiger partial charge in [0.15, 0.2) is 0 Å². The molecule has 7 heteroatoms. The monoisotopic (exact) mass is 422 g/mol. The lowest BCUT2D eigenvalue weighted by Gasteiger charge is -2.44. The van der Waals surface area contributed by atoms with Gasteiger partial charge in [-0.3, -0.25) is 4.79 Å². The number of nitrogens with zero attached hydrogens (tertiary/aromatic N) is 2. The van der Waals surface area contributed by atoms with Gasteiger partial charge in [0.05, 0.1) is 24.6 Å². The fourth-order valence-electron chi connectivity index (χ4n) is 4.62. The first-order valence-corrected chi connectivity index (χ1v) is 11.3. The lowest BCUT2D eigenvalue weighted by Crippen LogP contribution is -2.52. The number of nitrogens with one attached hydrogen (secondary N) is 1. The summed E-state index contributed by atoms with van der Waals surface area (Å²) in [7, 11) is 0. The smallest absolute Gasteiger partial charge is 0.239 e. The number of thiophene rings is 1. The van der Waals surface area contributed by atoms with Crippen molar-refractivity contribution in [3.05, 3.63) is 65.1 Å². The summed E-state index contributed by atoms with van der Waals surface area (Å²) in [5, 5.41) is 0. The first kappa shape index (κ1) is 19.5. The Morgan fingerprint density at radius 3 is 2.83 bits per heavy atom. The van der Waals surface area contributed by atoms with Gasteiger partial charge in [-0.25, -0.2) is 4.98 Å². The number of hydrogen-bond acceptors (Lipinski definition) is 5. The topological polar surface area (TPSA) is 84.2 Å². The van der Waals surface area contributed by atoms with Crippen molar-refractivity contribution in [1.29, 1.82) is 0 Å². The minimum absolute atomic E-state index is 0.00535. The molecular formula is C23H26N4O2S. The molecule has 1 aromatic carbocycles. The van der Waals surface area contributed by atoms with Gasteiger partial charge in [0.2, 0.25) is 5.91 Å². The third-order valence-electron chi connectivity index (χ3n) is 6.26. The van der Waals surface area contributed by atoms with Crippen LogP contribution in [0.5, 0.6) is 0 Å². The Balaban J connectivity index is 1.30. The standard InChI is InChI=1S/C23H26N4O2S/c24-19(12-17-14-25-15-26-17)22(28)27-9-7-23(8-10-27)18-13-21(16-4-2-1-3-5-16)30-20(18)6-11-29-23/h1-5,13-15,19H,6-12,24H2,(H,25,26)/t19-/m0/s1. The van der Waals surface area contributed by atoms with Crippen molar-refractivity contribution < 1.29 is 9.53 Å². The molecule has 0 radical (unpaired) electrons. The number of fused-ring (bicyclic) bond motifs is 2. The Morgan fingerprint density at radius 2 is 2.10 bits per heavy atom. The maximum absolute atomic E-state index is 12.9. The Kier molecular flexibility index (Phi) is 5.18. The zero-order valence-corrected chi connectivity index (χ0v) is 17.7. The van der Waals surface area contributed by atoms with E-state index in [1.54, 1.807) is 12.5 Å². The van der Waals surface area contributed by atoms with Crippen LogP contribution in [-0.4, -0.2) is 46.5 Å². The average Bonchev–Trinajstić information content (AvgIpc) is 3.45. The van der Waals surface area contributed by atoms with Crippen molar-refractivity contribution in [2.75, 3.05) is 19.7 Å². The van der Waals surface area contributed by atoms with Crippen molar-refractivity contribution in [2.24, 2.45) is 5.73 Å². The highest BCUT2D eigenvalue weighted by Crippen LogP contribution is 2.46. The van der Waals surface area contributed by atoms with Gasteiger partial charge in [-0.1, -0.05) is 30.3 Å². The number of nitrogens with two attached hydrogens (primary N) is 1. The number of piperidine rings is 1. The number of carbonyl (C=O) groups excluding carboxylic acids is 1. The summed E-state index contributed by atoms with van der Waals surface area (Å²) in [5.41, 5.74) is 9.37. The van der Waals surface area contributed by atoms with E-state index in [9.17, 15) is 4.79 Å². The van der Waals surface area contributed by atoms with E-state index in [4.69, 9.17) is 10.5 Å². The number of benzene rings is 1. The summed E-state index contributed by atoms with van der Waals surface area (Å²) >= 11 is 1.88. The van der Waals surface area contributed by atoms with Crippen molar-refractivity contribution in [3.63, 3.8) is 0 Å². The Hall–Kier alpha value is -2.48. The molecule has 30 heavy (non-hydrogen) atoms. The van der Waals surface area contributed by atoms with Gasteiger partial charge in [0.25, 0.3) is 0 Å². The molecule has 0 saturated carbocycles. The maximum Gasteiger partial charge on any atom is 0.239 e. The second-order valence-corrected chi connectivity index (χ2v) is 9.26. The molecule has 1 fully saturated rings. The molecule has 2 aliphatic rings. The van der Waals surface area contributed by atoms with Gasteiger partial charge in [-0.05, 0) is 30.0 Å². The van der Waals surface area contributed by atoms with Crippen molar-refractivity contribution in [2.45, 2.75) is 37.3 Å². The molecule has 0 aliphatic carbocycles. The average molecular weight is 423 g/mol. The molecule has 1 atom stereocenters. The quantitative estimate of drug-likeness (QED) is 0.677. The third-order valence-corrected chi connectivity index (χ3v) is 7.50. The summed E-state index contributed by atoms with van der Waals surface area (Å²) in [6, 6.07) is 12.3. The van der Waals surface area contributed by atoms with Gasteiger partial charge in [0.1, 0.15) is 0 Å². The van der Waals surface area contributed by atoms with Gasteiger partial charge >= 0.3 is 0 Å². The Bertz CT molecular complexity index is 1010. The highest BCUT2D eigenvalue weighted by Gasteiger charge is 2.43. The van der Waals surface area contributed by atoms with Gasteiger partial charge in [0, 0.05) is 47.6 Å². The van der Waals surface area contributed by atoms with Gasteiger partial charge < -0.3 is 20.4 Å². The Labute approximate surface area is 180 Å². The normalized spacial score (nSPS) is 18.9. The van der Waals surface area contributed by atoms with E-state index in [0.29, 0.717) is 19.5 Å². The number of likely N-dealkylation sites (tertiary alicyclic amines) is 1. The lowest BCUT2D eigenvalue weighted by atomic mass is 9.82. The molecule has 4 heterocycles. The van der Waals surface area contributed by atoms with Crippen LogP contribution in [0, 0.1) is 0 Å². The van der Waals surface area contributed by atoms with Crippen LogP contribution in [0.1, 0.15) is 29.0 Å². The zero-order chi connectivity index (χ0) is 20.6. The second kappa shape index (κ2) is 7.98. The summed E-state index contributed by atoms with van der Waals surface area (Å²) in [4.78, 5) is 24.5. The summed E-state index contributed by atoms with van der Waals surface area (Å²) in [6.45, 7) is 2.09. The van der Waals surface area contributed by atoms with Crippen LogP contribution in [0.25, 0.3) is 10.4 Å². The number of amides is 1. The predicted molar refractivity (Wildman–Crippen MR) is 117 cm³/mol. The largest absolute Gasteiger partial charge is 0.370 e. The van der Waals surface area contributed by atoms with Crippen molar-refractivity contribution in [1.82, 2.24) is 14.9 Å². The number of aromatic amines is 1. The first-order chi connectivity index (χ1) is 14.6. The molecule has 1 amide bonds. The van der Waals surface area contributed by atoms with Crippen LogP contribution >= 0.6 is 11.3 Å². The Morgan fingerprint density at radius 1 is 1.30 bits per heavy atom. The number of rotatable bonds is 4. The molecule has 0 bridgehead atoms. The van der Waals surface area contributed by atoms with Crippen LogP contribution in [0.2, 0.25) is 0 Å². The molecule has 3 N–H and O–H groups in total. The van der Waals surface area contributed by atoms with E-state index in [1.807, 2.05) is 22.3 Å². The molecule has 3 aromatic rings. The van der Waals surface area contributed by atoms with Crippen molar-refractivity contribution in [3.8, 4) is 10.4 Å². The number of hydrogen-bond donors (Lipinski definition) is 2. The third kappa shape index (κ3) is 3.57. The zero-order valence-electron chi connectivity index (χ0n) is 16.8. The van der Waals surface area contributed by atoms with Gasteiger partial charge in [-0.15, -0.1) is 11.3 Å². The summed E-state index contributed by atoms with van der Waals surface area (Å²) < 4.78 is 6.38. The maximum atomic E-state index is 12.9. The molecule has 1 saturated heterocycles. The van der Waals surface area contributed by atoms with Crippen LogP contribution in [-0.2, 0) is 28.0 Å². The van der Waals surface area contributed by atoms with Crippen LogP contribution in [0.3, 0.4) is 0 Å². The molecule has 2 aliphatic heterocycles. The van der Waals surface area contributed by atoms with E-state index < -0.39 is 6.04 Å². The van der Waals surface area contributed by atoms with E-state index >= 15 is 0 Å². The van der Waals surface area contributed by atoms with E-state index in [0.717, 1.165) is 31.6 Å². The minimum atomic E-state index is -0.548. The fraction of sp³-hybridized carbons (Fsp3) is 0.391. The highest BCUT2D eigenvalue weighted by atomic mass is 32.1. The lowest BCUT2D eigenvalue weighted by molar-refractivity contribution is -0.141. The van der Waals surface area contributed by atoms with E-state index in [1.165, 1.54) is 20.9 Å².